The molecule has 2 unspecified atom stereocenters. The minimum Gasteiger partial charge on any atom is -0.481 e. The first kappa shape index (κ1) is 14.2. The quantitative estimate of drug-likeness (QED) is 0.756. The molecule has 8 nitrogen and oxygen atoms in total. The first-order valence-corrected chi connectivity index (χ1v) is 6.13. The molecule has 1 amide bonds. The van der Waals surface area contributed by atoms with Gasteiger partial charge in [-0.3, -0.25) is 9.59 Å². The van der Waals surface area contributed by atoms with E-state index in [-0.39, 0.29) is 24.2 Å². The van der Waals surface area contributed by atoms with Gasteiger partial charge in [0.15, 0.2) is 11.5 Å². The van der Waals surface area contributed by atoms with Crippen LogP contribution in [0.2, 0.25) is 0 Å². The number of carbonyl (C=O) groups is 2. The van der Waals surface area contributed by atoms with Crippen molar-refractivity contribution < 1.29 is 19.4 Å². The van der Waals surface area contributed by atoms with Crippen LogP contribution in [0.3, 0.4) is 0 Å². The summed E-state index contributed by atoms with van der Waals surface area (Å²) < 4.78 is 5.22. The van der Waals surface area contributed by atoms with Crippen LogP contribution < -0.4 is 10.2 Å². The van der Waals surface area contributed by atoms with Crippen molar-refractivity contribution in [3.63, 3.8) is 0 Å². The van der Waals surface area contributed by atoms with E-state index >= 15 is 0 Å². The highest BCUT2D eigenvalue weighted by Crippen LogP contribution is 2.22. The number of ether oxygens (including phenoxy) is 1. The molecular formula is C12H16N4O4. The molecule has 0 bridgehead atoms. The minimum atomic E-state index is -0.894. The van der Waals surface area contributed by atoms with Crippen molar-refractivity contribution >= 4 is 17.7 Å². The lowest BCUT2D eigenvalue weighted by Gasteiger charge is -2.26. The van der Waals surface area contributed by atoms with E-state index in [1.807, 2.05) is 0 Å². The van der Waals surface area contributed by atoms with Gasteiger partial charge in [0.1, 0.15) is 5.92 Å². The van der Waals surface area contributed by atoms with Gasteiger partial charge in [-0.05, 0) is 12.1 Å². The van der Waals surface area contributed by atoms with Crippen molar-refractivity contribution in [1.29, 1.82) is 0 Å². The lowest BCUT2D eigenvalue weighted by Crippen LogP contribution is -2.41. The van der Waals surface area contributed by atoms with Crippen molar-refractivity contribution in [3.05, 3.63) is 17.8 Å². The summed E-state index contributed by atoms with van der Waals surface area (Å²) in [6.45, 7) is 0.514. The summed E-state index contributed by atoms with van der Waals surface area (Å²) in [7, 11) is 3.25. The number of hydrogen-bond donors (Lipinski definition) is 2. The number of anilines is 1. The molecule has 8 heteroatoms. The molecule has 1 saturated heterocycles. The topological polar surface area (TPSA) is 105 Å². The van der Waals surface area contributed by atoms with Crippen LogP contribution in [-0.2, 0) is 9.53 Å². The van der Waals surface area contributed by atoms with Gasteiger partial charge < -0.3 is 20.1 Å². The third kappa shape index (κ3) is 2.69. The molecule has 0 aliphatic carbocycles. The van der Waals surface area contributed by atoms with Crippen molar-refractivity contribution in [3.8, 4) is 0 Å². The Morgan fingerprint density at radius 1 is 1.40 bits per heavy atom. The number of aliphatic carboxylic acids is 1. The van der Waals surface area contributed by atoms with E-state index in [1.54, 1.807) is 24.1 Å². The third-order valence-electron chi connectivity index (χ3n) is 3.34. The van der Waals surface area contributed by atoms with Crippen molar-refractivity contribution in [1.82, 2.24) is 15.5 Å². The molecule has 1 aromatic heterocycles. The van der Waals surface area contributed by atoms with Gasteiger partial charge in [-0.2, -0.15) is 0 Å². The Kier molecular flexibility index (Phi) is 4.14. The zero-order valence-corrected chi connectivity index (χ0v) is 11.2. The van der Waals surface area contributed by atoms with Crippen LogP contribution in [0, 0.1) is 5.92 Å². The van der Waals surface area contributed by atoms with Gasteiger partial charge in [0.2, 0.25) is 0 Å². The van der Waals surface area contributed by atoms with Crippen LogP contribution in [-0.4, -0.2) is 60.5 Å². The summed E-state index contributed by atoms with van der Waals surface area (Å²) in [5.41, 5.74) is 0.210. The number of aromatic nitrogens is 2. The second-order valence-electron chi connectivity index (χ2n) is 4.52. The van der Waals surface area contributed by atoms with Gasteiger partial charge in [-0.25, -0.2) is 0 Å². The fourth-order valence-corrected chi connectivity index (χ4v) is 2.09. The molecule has 2 rings (SSSR count). The minimum absolute atomic E-state index is 0.189. The predicted octanol–water partition coefficient (Wildman–Crippen LogP) is -0.628. The summed E-state index contributed by atoms with van der Waals surface area (Å²) in [6, 6.07) is 2.88. The molecule has 0 radical (unpaired) electrons. The van der Waals surface area contributed by atoms with Gasteiger partial charge in [0, 0.05) is 14.1 Å². The third-order valence-corrected chi connectivity index (χ3v) is 3.34. The summed E-state index contributed by atoms with van der Waals surface area (Å²) >= 11 is 0. The Labute approximate surface area is 115 Å². The Bertz CT molecular complexity index is 505. The molecule has 2 atom stereocenters. The summed E-state index contributed by atoms with van der Waals surface area (Å²) in [4.78, 5) is 24.2. The SMILES string of the molecule is CNC(=O)c1ccc(N(C)C2COCC2C(=O)O)nn1. The largest absolute Gasteiger partial charge is 0.481 e. The average molecular weight is 280 g/mol. The van der Waals surface area contributed by atoms with Crippen molar-refractivity contribution in [2.45, 2.75) is 6.04 Å². The lowest BCUT2D eigenvalue weighted by atomic mass is 10.0. The Morgan fingerprint density at radius 3 is 2.70 bits per heavy atom. The van der Waals surface area contributed by atoms with E-state index in [9.17, 15) is 9.59 Å². The maximum atomic E-state index is 11.4. The van der Waals surface area contributed by atoms with Crippen LogP contribution in [0.4, 0.5) is 5.82 Å². The smallest absolute Gasteiger partial charge is 0.311 e. The van der Waals surface area contributed by atoms with Crippen LogP contribution >= 0.6 is 0 Å². The lowest BCUT2D eigenvalue weighted by molar-refractivity contribution is -0.141. The number of carboxylic acid groups (broad SMARTS) is 1. The van der Waals surface area contributed by atoms with E-state index in [0.717, 1.165) is 0 Å². The Balaban J connectivity index is 2.14. The fraction of sp³-hybridized carbons (Fsp3) is 0.500. The molecule has 1 aliphatic rings. The van der Waals surface area contributed by atoms with Crippen LogP contribution in [0.15, 0.2) is 12.1 Å². The summed E-state index contributed by atoms with van der Waals surface area (Å²) in [6.07, 6.45) is 0. The maximum absolute atomic E-state index is 11.4. The number of nitrogens with one attached hydrogen (secondary N) is 1. The molecule has 0 aromatic carbocycles. The van der Waals surface area contributed by atoms with Gasteiger partial charge in [-0.15, -0.1) is 10.2 Å². The van der Waals surface area contributed by atoms with E-state index < -0.39 is 11.9 Å². The number of hydrogen-bond acceptors (Lipinski definition) is 6. The predicted molar refractivity (Wildman–Crippen MR) is 69.6 cm³/mol. The molecule has 1 aromatic rings. The summed E-state index contributed by atoms with van der Waals surface area (Å²) in [5.74, 6) is -1.31. The second kappa shape index (κ2) is 5.83. The number of rotatable bonds is 4. The summed E-state index contributed by atoms with van der Waals surface area (Å²) in [5, 5.41) is 19.4. The first-order chi connectivity index (χ1) is 9.54. The highest BCUT2D eigenvalue weighted by Gasteiger charge is 2.37. The van der Waals surface area contributed by atoms with Crippen molar-refractivity contribution in [2.24, 2.45) is 5.92 Å². The Hall–Kier alpha value is -2.22. The number of carbonyl (C=O) groups excluding carboxylic acids is 1. The molecule has 0 saturated carbocycles. The van der Waals surface area contributed by atoms with E-state index in [0.29, 0.717) is 12.4 Å². The van der Waals surface area contributed by atoms with Gasteiger partial charge in [0.05, 0.1) is 19.3 Å². The second-order valence-corrected chi connectivity index (χ2v) is 4.52. The van der Waals surface area contributed by atoms with Gasteiger partial charge in [0.25, 0.3) is 5.91 Å². The molecule has 2 N–H and O–H groups in total. The molecule has 1 fully saturated rings. The van der Waals surface area contributed by atoms with Crippen molar-refractivity contribution in [2.75, 3.05) is 32.2 Å². The Morgan fingerprint density at radius 2 is 2.15 bits per heavy atom. The van der Waals surface area contributed by atoms with E-state index in [2.05, 4.69) is 15.5 Å². The van der Waals surface area contributed by atoms with Crippen LogP contribution in [0.5, 0.6) is 0 Å². The highest BCUT2D eigenvalue weighted by molar-refractivity contribution is 5.91. The normalized spacial score (nSPS) is 21.5. The number of nitrogens with zero attached hydrogens (tertiary/aromatic N) is 3. The molecule has 1 aliphatic heterocycles. The van der Waals surface area contributed by atoms with Crippen LogP contribution in [0.1, 0.15) is 10.5 Å². The average Bonchev–Trinajstić information content (AvgIpc) is 2.95. The fourth-order valence-electron chi connectivity index (χ4n) is 2.09. The molecule has 108 valence electrons. The highest BCUT2D eigenvalue weighted by atomic mass is 16.5. The first-order valence-electron chi connectivity index (χ1n) is 6.13. The van der Waals surface area contributed by atoms with E-state index in [1.165, 1.54) is 7.05 Å². The number of carboxylic acids is 1. The van der Waals surface area contributed by atoms with Crippen LogP contribution in [0.25, 0.3) is 0 Å². The van der Waals surface area contributed by atoms with Gasteiger partial charge >= 0.3 is 5.97 Å². The maximum Gasteiger partial charge on any atom is 0.311 e. The number of amides is 1. The van der Waals surface area contributed by atoms with Gasteiger partial charge in [-0.1, -0.05) is 0 Å². The number of likely N-dealkylation sites (N-methyl/N-ethyl adjacent to an activating group) is 1. The standard InChI is InChI=1S/C12H16N4O4/c1-13-11(17)8-3-4-10(15-14-8)16(2)9-6-20-5-7(9)12(18)19/h3-4,7,9H,5-6H2,1-2H3,(H,13,17)(H,18,19). The molecule has 20 heavy (non-hydrogen) atoms. The monoisotopic (exact) mass is 280 g/mol. The van der Waals surface area contributed by atoms with E-state index in [4.69, 9.17) is 9.84 Å². The zero-order chi connectivity index (χ0) is 14.7. The molecule has 0 spiro atoms. The molecular weight excluding hydrogens is 264 g/mol. The molecule has 2 heterocycles. The zero-order valence-electron chi connectivity index (χ0n) is 11.2.